The number of nitrogens with one attached hydrogen (secondary N) is 1. The van der Waals surface area contributed by atoms with Crippen molar-refractivity contribution >= 4 is 35.1 Å². The third-order valence-electron chi connectivity index (χ3n) is 6.05. The van der Waals surface area contributed by atoms with E-state index < -0.39 is 36.3 Å². The summed E-state index contributed by atoms with van der Waals surface area (Å²) in [7, 11) is 0. The number of carbonyl (C=O) groups is 4. The maximum atomic E-state index is 12.9. The van der Waals surface area contributed by atoms with Crippen molar-refractivity contribution in [3.8, 4) is 0 Å². The van der Waals surface area contributed by atoms with Gasteiger partial charge in [-0.15, -0.1) is 11.3 Å². The Bertz CT molecular complexity index is 976. The minimum Gasteiger partial charge on any atom is -0.343 e. The Morgan fingerprint density at radius 2 is 1.81 bits per heavy atom. The molecule has 31 heavy (non-hydrogen) atoms. The fourth-order valence-electron chi connectivity index (χ4n) is 4.40. The van der Waals surface area contributed by atoms with Crippen molar-refractivity contribution in [3.05, 3.63) is 58.3 Å². The highest BCUT2D eigenvalue weighted by Crippen LogP contribution is 2.31. The van der Waals surface area contributed by atoms with Crippen LogP contribution >= 0.6 is 11.3 Å². The molecule has 1 aliphatic heterocycles. The van der Waals surface area contributed by atoms with Gasteiger partial charge in [-0.05, 0) is 35.8 Å². The van der Waals surface area contributed by atoms with E-state index in [9.17, 15) is 19.2 Å². The van der Waals surface area contributed by atoms with Crippen molar-refractivity contribution in [2.45, 2.75) is 44.7 Å². The van der Waals surface area contributed by atoms with Crippen molar-refractivity contribution < 1.29 is 19.2 Å². The Labute approximate surface area is 185 Å². The Morgan fingerprint density at radius 1 is 1.06 bits per heavy atom. The standard InChI is InChI=1S/C23H25N3O4S/c1-15-8-5-6-11-17(15)26-22(29)21(28)25(23(26)30)14-19(27)24-20(18-12-7-13-31-18)16-9-3-2-4-10-16/h2-4,7,9-10,12-13,15,17,20H,5-6,8,11,14H2,1H3,(H,24,27)/t15-,17+,20-/m1/s1. The predicted molar refractivity (Wildman–Crippen MR) is 116 cm³/mol. The number of benzene rings is 1. The van der Waals surface area contributed by atoms with Gasteiger partial charge in [-0.25, -0.2) is 9.69 Å². The molecule has 0 unspecified atom stereocenters. The summed E-state index contributed by atoms with van der Waals surface area (Å²) >= 11 is 1.51. The summed E-state index contributed by atoms with van der Waals surface area (Å²) in [5.74, 6) is -2.10. The summed E-state index contributed by atoms with van der Waals surface area (Å²) in [6.07, 6.45) is 3.58. The Kier molecular flexibility index (Phi) is 6.18. The summed E-state index contributed by atoms with van der Waals surface area (Å²) in [6, 6.07) is 11.9. The highest BCUT2D eigenvalue weighted by molar-refractivity contribution is 7.10. The first-order chi connectivity index (χ1) is 15.0. The SMILES string of the molecule is C[C@@H]1CCCC[C@@H]1N1C(=O)C(=O)N(CC(=O)N[C@H](c2ccccc2)c2cccs2)C1=O. The number of nitrogens with zero attached hydrogens (tertiary/aromatic N) is 2. The minimum atomic E-state index is -0.926. The summed E-state index contributed by atoms with van der Waals surface area (Å²) in [6.45, 7) is 1.52. The van der Waals surface area contributed by atoms with Crippen LogP contribution in [0.15, 0.2) is 47.8 Å². The van der Waals surface area contributed by atoms with Crippen molar-refractivity contribution in [1.82, 2.24) is 15.1 Å². The number of hydrogen-bond acceptors (Lipinski definition) is 5. The molecule has 1 aromatic carbocycles. The molecule has 5 amide bonds. The normalized spacial score (nSPS) is 22.7. The number of carbonyl (C=O) groups excluding carboxylic acids is 4. The fraction of sp³-hybridized carbons (Fsp3) is 0.391. The second-order valence-corrected chi connectivity index (χ2v) is 9.08. The zero-order valence-corrected chi connectivity index (χ0v) is 18.1. The molecular formula is C23H25N3O4S. The number of amides is 5. The van der Waals surface area contributed by atoms with Gasteiger partial charge in [0.25, 0.3) is 0 Å². The van der Waals surface area contributed by atoms with Gasteiger partial charge in [-0.1, -0.05) is 56.2 Å². The van der Waals surface area contributed by atoms with Crippen LogP contribution < -0.4 is 5.32 Å². The molecule has 3 atom stereocenters. The zero-order valence-electron chi connectivity index (χ0n) is 17.3. The first-order valence-electron chi connectivity index (χ1n) is 10.5. The number of urea groups is 1. The number of rotatable bonds is 6. The second kappa shape index (κ2) is 9.01. The Balaban J connectivity index is 1.49. The number of imide groups is 2. The highest BCUT2D eigenvalue weighted by Gasteiger charge is 2.49. The van der Waals surface area contributed by atoms with Crippen LogP contribution in [0.5, 0.6) is 0 Å². The van der Waals surface area contributed by atoms with Crippen LogP contribution in [0.2, 0.25) is 0 Å². The molecule has 2 aromatic rings. The van der Waals surface area contributed by atoms with Crippen molar-refractivity contribution in [1.29, 1.82) is 0 Å². The molecule has 2 fully saturated rings. The molecule has 1 saturated heterocycles. The molecule has 4 rings (SSSR count). The average Bonchev–Trinajstić information content (AvgIpc) is 3.37. The van der Waals surface area contributed by atoms with Gasteiger partial charge in [0.1, 0.15) is 6.54 Å². The van der Waals surface area contributed by atoms with Crippen molar-refractivity contribution in [2.24, 2.45) is 5.92 Å². The maximum Gasteiger partial charge on any atom is 0.334 e. The van der Waals surface area contributed by atoms with E-state index in [2.05, 4.69) is 5.32 Å². The predicted octanol–water partition coefficient (Wildman–Crippen LogP) is 3.32. The quantitative estimate of drug-likeness (QED) is 0.553. The van der Waals surface area contributed by atoms with E-state index in [1.165, 1.54) is 11.3 Å². The van der Waals surface area contributed by atoms with Gasteiger partial charge < -0.3 is 5.32 Å². The van der Waals surface area contributed by atoms with E-state index in [0.717, 1.165) is 39.5 Å². The molecule has 1 aromatic heterocycles. The molecule has 1 saturated carbocycles. The summed E-state index contributed by atoms with van der Waals surface area (Å²) in [5, 5.41) is 4.84. The van der Waals surface area contributed by atoms with E-state index >= 15 is 0 Å². The smallest absolute Gasteiger partial charge is 0.334 e. The first-order valence-corrected chi connectivity index (χ1v) is 11.4. The van der Waals surface area contributed by atoms with Gasteiger partial charge >= 0.3 is 17.8 Å². The third-order valence-corrected chi connectivity index (χ3v) is 6.99. The molecule has 2 heterocycles. The lowest BCUT2D eigenvalue weighted by Gasteiger charge is -2.34. The fourth-order valence-corrected chi connectivity index (χ4v) is 5.21. The molecule has 1 aliphatic carbocycles. The van der Waals surface area contributed by atoms with Crippen LogP contribution in [0.3, 0.4) is 0 Å². The van der Waals surface area contributed by atoms with Crippen molar-refractivity contribution in [2.75, 3.05) is 6.54 Å². The van der Waals surface area contributed by atoms with Crippen LogP contribution in [0, 0.1) is 5.92 Å². The van der Waals surface area contributed by atoms with E-state index in [1.54, 1.807) is 0 Å². The molecule has 0 spiro atoms. The molecule has 0 radical (unpaired) electrons. The number of hydrogen-bond donors (Lipinski definition) is 1. The highest BCUT2D eigenvalue weighted by atomic mass is 32.1. The maximum absolute atomic E-state index is 12.9. The lowest BCUT2D eigenvalue weighted by Crippen LogP contribution is -2.47. The second-order valence-electron chi connectivity index (χ2n) is 8.10. The van der Waals surface area contributed by atoms with Gasteiger partial charge in [0, 0.05) is 10.9 Å². The van der Waals surface area contributed by atoms with Gasteiger partial charge in [0.15, 0.2) is 0 Å². The van der Waals surface area contributed by atoms with Crippen LogP contribution in [0.1, 0.15) is 49.1 Å². The topological polar surface area (TPSA) is 86.8 Å². The van der Waals surface area contributed by atoms with Crippen LogP contribution in [0.25, 0.3) is 0 Å². The molecular weight excluding hydrogens is 414 g/mol. The van der Waals surface area contributed by atoms with Gasteiger partial charge in [0.05, 0.1) is 6.04 Å². The van der Waals surface area contributed by atoms with Gasteiger partial charge in [-0.3, -0.25) is 19.3 Å². The summed E-state index contributed by atoms with van der Waals surface area (Å²) < 4.78 is 0. The minimum absolute atomic E-state index is 0.143. The molecule has 8 heteroatoms. The number of thiophene rings is 1. The van der Waals surface area contributed by atoms with E-state index in [1.807, 2.05) is 54.8 Å². The van der Waals surface area contributed by atoms with Gasteiger partial charge in [-0.2, -0.15) is 0 Å². The lowest BCUT2D eigenvalue weighted by atomic mass is 9.85. The zero-order chi connectivity index (χ0) is 22.0. The van der Waals surface area contributed by atoms with E-state index in [0.29, 0.717) is 6.42 Å². The molecule has 1 N–H and O–H groups in total. The summed E-state index contributed by atoms with van der Waals surface area (Å²) in [4.78, 5) is 53.6. The molecule has 2 aliphatic rings. The molecule has 162 valence electrons. The Morgan fingerprint density at radius 3 is 2.48 bits per heavy atom. The van der Waals surface area contributed by atoms with Crippen LogP contribution in [0.4, 0.5) is 4.79 Å². The summed E-state index contributed by atoms with van der Waals surface area (Å²) in [5.41, 5.74) is 0.895. The van der Waals surface area contributed by atoms with Crippen molar-refractivity contribution in [3.63, 3.8) is 0 Å². The largest absolute Gasteiger partial charge is 0.343 e. The average molecular weight is 440 g/mol. The molecule has 0 bridgehead atoms. The van der Waals surface area contributed by atoms with Gasteiger partial charge in [0.2, 0.25) is 5.91 Å². The first kappa shape index (κ1) is 21.2. The van der Waals surface area contributed by atoms with Crippen LogP contribution in [-0.4, -0.2) is 46.1 Å². The van der Waals surface area contributed by atoms with E-state index in [4.69, 9.17) is 0 Å². The monoisotopic (exact) mass is 439 g/mol. The van der Waals surface area contributed by atoms with E-state index in [-0.39, 0.29) is 12.0 Å². The van der Waals surface area contributed by atoms with Crippen LogP contribution in [-0.2, 0) is 14.4 Å². The molecule has 7 nitrogen and oxygen atoms in total. The Hall–Kier alpha value is -3.00. The lowest BCUT2D eigenvalue weighted by molar-refractivity contribution is -0.145. The third kappa shape index (κ3) is 4.25.